The number of benzene rings is 1. The summed E-state index contributed by atoms with van der Waals surface area (Å²) in [6, 6.07) is 8.52. The maximum Gasteiger partial charge on any atom is 0.216 e. The van der Waals surface area contributed by atoms with Gasteiger partial charge in [0.2, 0.25) is 10.0 Å². The molecule has 0 saturated heterocycles. The molecule has 0 saturated carbocycles. The fourth-order valence-corrected chi connectivity index (χ4v) is 2.97. The van der Waals surface area contributed by atoms with E-state index in [1.54, 1.807) is 37.3 Å². The van der Waals surface area contributed by atoms with Crippen LogP contribution in [-0.2, 0) is 22.3 Å². The highest BCUT2D eigenvalue weighted by molar-refractivity contribution is 7.88. The maximum absolute atomic E-state index is 11.9. The van der Waals surface area contributed by atoms with E-state index in [-0.39, 0.29) is 12.3 Å². The third-order valence-electron chi connectivity index (χ3n) is 2.45. The summed E-state index contributed by atoms with van der Waals surface area (Å²) >= 11 is 5.93. The molecule has 19 heavy (non-hydrogen) atoms. The van der Waals surface area contributed by atoms with Crippen molar-refractivity contribution >= 4 is 21.6 Å². The van der Waals surface area contributed by atoms with Crippen LogP contribution in [0.2, 0.25) is 5.02 Å². The van der Waals surface area contributed by atoms with E-state index in [2.05, 4.69) is 9.88 Å². The van der Waals surface area contributed by atoms with Gasteiger partial charge in [0.15, 0.2) is 0 Å². The van der Waals surface area contributed by atoms with Crippen LogP contribution in [-0.4, -0.2) is 13.6 Å². The smallest absolute Gasteiger partial charge is 0.216 e. The lowest BCUT2D eigenvalue weighted by Gasteiger charge is -2.06. The minimum absolute atomic E-state index is 0.101. The molecular weight excluding hydrogens is 288 g/mol. The molecule has 2 aromatic rings. The summed E-state index contributed by atoms with van der Waals surface area (Å²) in [4.78, 5) is 0. The molecule has 0 unspecified atom stereocenters. The topological polar surface area (TPSA) is 72.2 Å². The summed E-state index contributed by atoms with van der Waals surface area (Å²) in [5.74, 6) is 0.476. The number of hydrogen-bond acceptors (Lipinski definition) is 4. The molecule has 102 valence electrons. The lowest BCUT2D eigenvalue weighted by atomic mass is 10.2. The SMILES string of the molecule is Cc1cc(CNS(=O)(=O)Cc2ccccc2Cl)no1. The molecule has 5 nitrogen and oxygen atoms in total. The molecule has 1 aromatic heterocycles. The van der Waals surface area contributed by atoms with E-state index < -0.39 is 10.0 Å². The molecule has 0 radical (unpaired) electrons. The Bertz CT molecular complexity index is 667. The molecule has 1 N–H and O–H groups in total. The third-order valence-corrected chi connectivity index (χ3v) is 4.10. The van der Waals surface area contributed by atoms with Gasteiger partial charge in [-0.05, 0) is 18.6 Å². The van der Waals surface area contributed by atoms with Gasteiger partial charge in [0.1, 0.15) is 5.76 Å². The van der Waals surface area contributed by atoms with Crippen molar-refractivity contribution < 1.29 is 12.9 Å². The summed E-state index contributed by atoms with van der Waals surface area (Å²) in [5.41, 5.74) is 1.10. The number of rotatable bonds is 5. The van der Waals surface area contributed by atoms with Gasteiger partial charge >= 0.3 is 0 Å². The van der Waals surface area contributed by atoms with E-state index in [9.17, 15) is 8.42 Å². The average molecular weight is 301 g/mol. The van der Waals surface area contributed by atoms with Gasteiger partial charge < -0.3 is 4.52 Å². The fourth-order valence-electron chi connectivity index (χ4n) is 1.56. The number of hydrogen-bond donors (Lipinski definition) is 1. The lowest BCUT2D eigenvalue weighted by Crippen LogP contribution is -2.25. The summed E-state index contributed by atoms with van der Waals surface area (Å²) in [6.45, 7) is 1.85. The maximum atomic E-state index is 11.9. The highest BCUT2D eigenvalue weighted by Gasteiger charge is 2.14. The normalized spacial score (nSPS) is 11.7. The second-order valence-corrected chi connectivity index (χ2v) is 6.31. The number of halogens is 1. The monoisotopic (exact) mass is 300 g/mol. The molecule has 0 aliphatic rings. The van der Waals surface area contributed by atoms with E-state index in [4.69, 9.17) is 16.1 Å². The van der Waals surface area contributed by atoms with Gasteiger partial charge in [-0.15, -0.1) is 0 Å². The zero-order chi connectivity index (χ0) is 13.9. The van der Waals surface area contributed by atoms with Crippen molar-refractivity contribution in [2.45, 2.75) is 19.2 Å². The van der Waals surface area contributed by atoms with E-state index in [1.807, 2.05) is 0 Å². The Kier molecular flexibility index (Phi) is 4.24. The molecular formula is C12H13ClN2O3S. The van der Waals surface area contributed by atoms with Crippen molar-refractivity contribution in [2.75, 3.05) is 0 Å². The Labute approximate surface area is 116 Å². The predicted molar refractivity (Wildman–Crippen MR) is 72.2 cm³/mol. The van der Waals surface area contributed by atoms with Crippen molar-refractivity contribution in [3.05, 3.63) is 52.4 Å². The van der Waals surface area contributed by atoms with Crippen LogP contribution >= 0.6 is 11.6 Å². The minimum atomic E-state index is -3.46. The Morgan fingerprint density at radius 2 is 2.11 bits per heavy atom. The zero-order valence-electron chi connectivity index (χ0n) is 10.3. The number of nitrogens with zero attached hydrogens (tertiary/aromatic N) is 1. The Morgan fingerprint density at radius 1 is 1.37 bits per heavy atom. The average Bonchev–Trinajstić information content (AvgIpc) is 2.76. The molecule has 0 bridgehead atoms. The molecule has 0 amide bonds. The van der Waals surface area contributed by atoms with E-state index >= 15 is 0 Å². The number of aryl methyl sites for hydroxylation is 1. The first-order valence-electron chi connectivity index (χ1n) is 5.59. The first kappa shape index (κ1) is 14.0. The van der Waals surface area contributed by atoms with Gasteiger partial charge in [-0.3, -0.25) is 0 Å². The van der Waals surface area contributed by atoms with Gasteiger partial charge in [0.05, 0.1) is 18.0 Å². The summed E-state index contributed by atoms with van der Waals surface area (Å²) < 4.78 is 31.1. The summed E-state index contributed by atoms with van der Waals surface area (Å²) in [5, 5.41) is 4.15. The second kappa shape index (κ2) is 5.73. The molecule has 0 aliphatic heterocycles. The van der Waals surface area contributed by atoms with Crippen molar-refractivity contribution in [3.8, 4) is 0 Å². The number of aromatic nitrogens is 1. The van der Waals surface area contributed by atoms with Crippen LogP contribution in [0.1, 0.15) is 17.0 Å². The molecule has 0 spiro atoms. The van der Waals surface area contributed by atoms with E-state index in [0.29, 0.717) is 22.0 Å². The minimum Gasteiger partial charge on any atom is -0.361 e. The van der Waals surface area contributed by atoms with E-state index in [1.165, 1.54) is 0 Å². The molecule has 0 atom stereocenters. The predicted octanol–water partition coefficient (Wildman–Crippen LogP) is 2.26. The van der Waals surface area contributed by atoms with Gasteiger partial charge in [-0.25, -0.2) is 13.1 Å². The molecule has 0 aliphatic carbocycles. The molecule has 1 heterocycles. The molecule has 0 fully saturated rings. The van der Waals surface area contributed by atoms with Crippen LogP contribution < -0.4 is 4.72 Å². The highest BCUT2D eigenvalue weighted by atomic mass is 35.5. The fraction of sp³-hybridized carbons (Fsp3) is 0.250. The molecule has 7 heteroatoms. The number of nitrogens with one attached hydrogen (secondary N) is 1. The lowest BCUT2D eigenvalue weighted by molar-refractivity contribution is 0.390. The Morgan fingerprint density at radius 3 is 2.74 bits per heavy atom. The zero-order valence-corrected chi connectivity index (χ0v) is 11.8. The summed E-state index contributed by atoms with van der Waals surface area (Å²) in [7, 11) is -3.46. The summed E-state index contributed by atoms with van der Waals surface area (Å²) in [6.07, 6.45) is 0. The van der Waals surface area contributed by atoms with Gasteiger partial charge in [0.25, 0.3) is 0 Å². The molecule has 1 aromatic carbocycles. The van der Waals surface area contributed by atoms with Gasteiger partial charge in [-0.1, -0.05) is 35.0 Å². The van der Waals surface area contributed by atoms with E-state index in [0.717, 1.165) is 0 Å². The standard InChI is InChI=1S/C12H13ClN2O3S/c1-9-6-11(15-18-9)7-14-19(16,17)8-10-4-2-3-5-12(10)13/h2-6,14H,7-8H2,1H3. The van der Waals surface area contributed by atoms with Crippen molar-refractivity contribution in [1.82, 2.24) is 9.88 Å². The Hall–Kier alpha value is -1.37. The van der Waals surface area contributed by atoms with Crippen LogP contribution in [0.25, 0.3) is 0 Å². The van der Waals surface area contributed by atoms with Gasteiger partial charge in [0, 0.05) is 11.1 Å². The highest BCUT2D eigenvalue weighted by Crippen LogP contribution is 2.17. The van der Waals surface area contributed by atoms with Crippen LogP contribution in [0, 0.1) is 6.92 Å². The Balaban J connectivity index is 2.01. The van der Waals surface area contributed by atoms with Gasteiger partial charge in [-0.2, -0.15) is 0 Å². The van der Waals surface area contributed by atoms with Crippen molar-refractivity contribution in [2.24, 2.45) is 0 Å². The van der Waals surface area contributed by atoms with Crippen molar-refractivity contribution in [3.63, 3.8) is 0 Å². The number of sulfonamides is 1. The van der Waals surface area contributed by atoms with Crippen LogP contribution in [0.15, 0.2) is 34.9 Å². The van der Waals surface area contributed by atoms with Crippen LogP contribution in [0.4, 0.5) is 0 Å². The van der Waals surface area contributed by atoms with Crippen molar-refractivity contribution in [1.29, 1.82) is 0 Å². The molecule has 2 rings (SSSR count). The largest absolute Gasteiger partial charge is 0.361 e. The second-order valence-electron chi connectivity index (χ2n) is 4.10. The quantitative estimate of drug-likeness (QED) is 0.919. The van der Waals surface area contributed by atoms with Crippen LogP contribution in [0.5, 0.6) is 0 Å². The first-order chi connectivity index (χ1) is 8.96. The van der Waals surface area contributed by atoms with Crippen LogP contribution in [0.3, 0.4) is 0 Å². The third kappa shape index (κ3) is 4.05. The first-order valence-corrected chi connectivity index (χ1v) is 7.62.